The van der Waals surface area contributed by atoms with Gasteiger partial charge in [-0.15, -0.1) is 0 Å². The lowest BCUT2D eigenvalue weighted by molar-refractivity contribution is 0.283. The maximum absolute atomic E-state index is 11.5. The molecule has 1 aromatic rings. The van der Waals surface area contributed by atoms with E-state index < -0.39 is 9.84 Å². The van der Waals surface area contributed by atoms with E-state index in [4.69, 9.17) is 5.73 Å². The van der Waals surface area contributed by atoms with Gasteiger partial charge in [0.1, 0.15) is 0 Å². The van der Waals surface area contributed by atoms with Crippen LogP contribution < -0.4 is 5.73 Å². The van der Waals surface area contributed by atoms with Gasteiger partial charge in [-0.3, -0.25) is 0 Å². The Kier molecular flexibility index (Phi) is 4.96. The third kappa shape index (κ3) is 4.60. The smallest absolute Gasteiger partial charge is 0.151 e. The molecule has 0 saturated carbocycles. The molecule has 1 aliphatic rings. The molecule has 0 aromatic heterocycles. The molecule has 2 rings (SSSR count). The Labute approximate surface area is 115 Å². The summed E-state index contributed by atoms with van der Waals surface area (Å²) in [6.45, 7) is 2.37. The fourth-order valence-corrected chi connectivity index (χ4v) is 3.71. The highest BCUT2D eigenvalue weighted by Crippen LogP contribution is 2.14. The zero-order chi connectivity index (χ0) is 13.7. The summed E-state index contributed by atoms with van der Waals surface area (Å²) in [6.07, 6.45) is 1.60. The lowest BCUT2D eigenvalue weighted by Gasteiger charge is -2.21. The van der Waals surface area contributed by atoms with Crippen molar-refractivity contribution in [3.8, 4) is 0 Å². The van der Waals surface area contributed by atoms with Crippen molar-refractivity contribution in [2.45, 2.75) is 18.9 Å². The van der Waals surface area contributed by atoms with Crippen LogP contribution in [0, 0.1) is 0 Å². The molecule has 0 aliphatic carbocycles. The molecule has 1 atom stereocenters. The summed E-state index contributed by atoms with van der Waals surface area (Å²) in [5.74, 6) is 0.613. The van der Waals surface area contributed by atoms with Crippen molar-refractivity contribution < 1.29 is 8.42 Å². The largest absolute Gasteiger partial charge is 0.324 e. The van der Waals surface area contributed by atoms with Gasteiger partial charge in [0, 0.05) is 12.6 Å². The Bertz CT molecular complexity index is 487. The van der Waals surface area contributed by atoms with Crippen LogP contribution in [0.4, 0.5) is 0 Å². The van der Waals surface area contributed by atoms with Gasteiger partial charge in [0.2, 0.25) is 0 Å². The summed E-state index contributed by atoms with van der Waals surface area (Å²) in [4.78, 5) is 2.22. The fraction of sp³-hybridized carbons (Fsp3) is 0.571. The number of rotatable bonds is 4. The maximum Gasteiger partial charge on any atom is 0.151 e. The van der Waals surface area contributed by atoms with E-state index in [2.05, 4.69) is 4.90 Å². The summed E-state index contributed by atoms with van der Waals surface area (Å²) in [6, 6.07) is 10.1. The molecule has 2 N–H and O–H groups in total. The van der Waals surface area contributed by atoms with Gasteiger partial charge in [0.05, 0.1) is 11.5 Å². The van der Waals surface area contributed by atoms with Crippen molar-refractivity contribution in [3.05, 3.63) is 35.9 Å². The standard InChI is InChI=1S/C14H22N2O2S/c15-14(13-5-2-1-3-6-13)7-9-16-8-4-11-19(17,18)12-10-16/h1-3,5-6,14H,4,7-12,15H2. The van der Waals surface area contributed by atoms with Gasteiger partial charge in [0.25, 0.3) is 0 Å². The molecule has 1 fully saturated rings. The Morgan fingerprint density at radius 3 is 2.63 bits per heavy atom. The lowest BCUT2D eigenvalue weighted by Crippen LogP contribution is -2.30. The van der Waals surface area contributed by atoms with Crippen LogP contribution in [0.25, 0.3) is 0 Å². The third-order valence-electron chi connectivity index (χ3n) is 3.63. The normalized spacial score (nSPS) is 21.7. The summed E-state index contributed by atoms with van der Waals surface area (Å²) >= 11 is 0. The number of hydrogen-bond donors (Lipinski definition) is 1. The van der Waals surface area contributed by atoms with Gasteiger partial charge in [-0.2, -0.15) is 0 Å². The van der Waals surface area contributed by atoms with Crippen molar-refractivity contribution in [1.29, 1.82) is 0 Å². The lowest BCUT2D eigenvalue weighted by atomic mass is 10.0. The average molecular weight is 282 g/mol. The van der Waals surface area contributed by atoms with Gasteiger partial charge < -0.3 is 10.6 Å². The van der Waals surface area contributed by atoms with Crippen LogP contribution >= 0.6 is 0 Å². The minimum Gasteiger partial charge on any atom is -0.324 e. The van der Waals surface area contributed by atoms with Gasteiger partial charge in [-0.25, -0.2) is 8.42 Å². The summed E-state index contributed by atoms with van der Waals surface area (Å²) in [7, 11) is -2.82. The van der Waals surface area contributed by atoms with Crippen LogP contribution in [0.1, 0.15) is 24.4 Å². The van der Waals surface area contributed by atoms with Crippen molar-refractivity contribution >= 4 is 9.84 Å². The highest BCUT2D eigenvalue weighted by atomic mass is 32.2. The second kappa shape index (κ2) is 6.50. The highest BCUT2D eigenvalue weighted by molar-refractivity contribution is 7.91. The van der Waals surface area contributed by atoms with Crippen molar-refractivity contribution in [2.24, 2.45) is 5.73 Å². The van der Waals surface area contributed by atoms with Crippen LogP contribution in [0.15, 0.2) is 30.3 Å². The highest BCUT2D eigenvalue weighted by Gasteiger charge is 2.19. The van der Waals surface area contributed by atoms with E-state index in [1.54, 1.807) is 0 Å². The average Bonchev–Trinajstić information content (AvgIpc) is 2.58. The summed E-state index contributed by atoms with van der Waals surface area (Å²) < 4.78 is 23.0. The van der Waals surface area contributed by atoms with Gasteiger partial charge in [-0.05, 0) is 31.5 Å². The first-order chi connectivity index (χ1) is 9.07. The molecule has 1 aliphatic heterocycles. The molecule has 0 radical (unpaired) electrons. The Hall–Kier alpha value is -0.910. The molecule has 5 heteroatoms. The van der Waals surface area contributed by atoms with E-state index in [0.29, 0.717) is 12.3 Å². The van der Waals surface area contributed by atoms with Crippen LogP contribution in [0.5, 0.6) is 0 Å². The quantitative estimate of drug-likeness (QED) is 0.901. The molecule has 4 nitrogen and oxygen atoms in total. The molecule has 1 heterocycles. The van der Waals surface area contributed by atoms with Gasteiger partial charge in [-0.1, -0.05) is 30.3 Å². The monoisotopic (exact) mass is 282 g/mol. The number of hydrogen-bond acceptors (Lipinski definition) is 4. The molecule has 1 unspecified atom stereocenters. The van der Waals surface area contributed by atoms with E-state index in [1.807, 2.05) is 30.3 Å². The first-order valence-corrected chi connectivity index (χ1v) is 8.62. The second-order valence-corrected chi connectivity index (χ2v) is 7.46. The van der Waals surface area contributed by atoms with Crippen molar-refractivity contribution in [2.75, 3.05) is 31.1 Å². The summed E-state index contributed by atoms with van der Waals surface area (Å²) in [5.41, 5.74) is 7.30. The molecular formula is C14H22N2O2S. The Morgan fingerprint density at radius 2 is 1.89 bits per heavy atom. The molecule has 1 aromatic carbocycles. The predicted molar refractivity (Wildman–Crippen MR) is 77.7 cm³/mol. The maximum atomic E-state index is 11.5. The molecule has 1 saturated heterocycles. The van der Waals surface area contributed by atoms with Gasteiger partial charge >= 0.3 is 0 Å². The van der Waals surface area contributed by atoms with Crippen LogP contribution in [0.3, 0.4) is 0 Å². The first kappa shape index (κ1) is 14.5. The minimum absolute atomic E-state index is 0.0288. The first-order valence-electron chi connectivity index (χ1n) is 6.80. The van der Waals surface area contributed by atoms with E-state index in [0.717, 1.165) is 31.5 Å². The molecule has 0 amide bonds. The predicted octanol–water partition coefficient (Wildman–Crippen LogP) is 1.20. The minimum atomic E-state index is -2.82. The van der Waals surface area contributed by atoms with E-state index >= 15 is 0 Å². The van der Waals surface area contributed by atoms with Crippen LogP contribution in [0.2, 0.25) is 0 Å². The fourth-order valence-electron chi connectivity index (χ4n) is 2.40. The third-order valence-corrected chi connectivity index (χ3v) is 5.35. The molecular weight excluding hydrogens is 260 g/mol. The number of nitrogens with two attached hydrogens (primary N) is 1. The van der Waals surface area contributed by atoms with E-state index in [-0.39, 0.29) is 11.8 Å². The van der Waals surface area contributed by atoms with Crippen molar-refractivity contribution in [3.63, 3.8) is 0 Å². The zero-order valence-corrected chi connectivity index (χ0v) is 12.0. The zero-order valence-electron chi connectivity index (χ0n) is 11.2. The van der Waals surface area contributed by atoms with Crippen molar-refractivity contribution in [1.82, 2.24) is 4.90 Å². The second-order valence-electron chi connectivity index (χ2n) is 5.15. The Morgan fingerprint density at radius 1 is 1.16 bits per heavy atom. The number of nitrogens with zero attached hydrogens (tertiary/aromatic N) is 1. The topological polar surface area (TPSA) is 63.4 Å². The summed E-state index contributed by atoms with van der Waals surface area (Å²) in [5, 5.41) is 0. The van der Waals surface area contributed by atoms with Crippen LogP contribution in [-0.2, 0) is 9.84 Å². The van der Waals surface area contributed by atoms with Crippen LogP contribution in [-0.4, -0.2) is 44.5 Å². The van der Waals surface area contributed by atoms with Gasteiger partial charge in [0.15, 0.2) is 9.84 Å². The molecule has 0 spiro atoms. The molecule has 0 bridgehead atoms. The van der Waals surface area contributed by atoms with E-state index in [9.17, 15) is 8.42 Å². The number of benzene rings is 1. The molecule has 106 valence electrons. The van der Waals surface area contributed by atoms with E-state index in [1.165, 1.54) is 0 Å². The molecule has 19 heavy (non-hydrogen) atoms. The number of sulfone groups is 1. The SMILES string of the molecule is NC(CCN1CCCS(=O)(=O)CC1)c1ccccc1. The Balaban J connectivity index is 1.82.